The first kappa shape index (κ1) is 26.0. The highest BCUT2D eigenvalue weighted by Crippen LogP contribution is 2.35. The van der Waals surface area contributed by atoms with Crippen LogP contribution in [0.25, 0.3) is 6.08 Å². The number of thioether (sulfide) groups is 1. The molecule has 0 saturated carbocycles. The number of nitrogens with zero attached hydrogens (tertiary/aromatic N) is 1. The number of carbonyl (C=O) groups excluding carboxylic acids is 3. The Morgan fingerprint density at radius 2 is 1.76 bits per heavy atom. The van der Waals surface area contributed by atoms with Gasteiger partial charge in [-0.05, 0) is 79.1 Å². The molecular weight excluding hydrogens is 488 g/mol. The fourth-order valence-corrected chi connectivity index (χ4v) is 4.69. The minimum absolute atomic E-state index is 0.236. The molecule has 37 heavy (non-hydrogen) atoms. The fourth-order valence-electron chi connectivity index (χ4n) is 3.85. The molecule has 1 N–H and O–H groups in total. The topological polar surface area (TPSA) is 84.9 Å². The Morgan fingerprint density at radius 1 is 0.973 bits per heavy atom. The molecule has 3 aromatic carbocycles. The molecule has 1 fully saturated rings. The molecule has 1 aliphatic rings. The summed E-state index contributed by atoms with van der Waals surface area (Å²) in [5, 5.41) is 2.30. The minimum Gasteiger partial charge on any atom is -0.493 e. The molecule has 0 bridgehead atoms. The van der Waals surface area contributed by atoms with Gasteiger partial charge in [0.15, 0.2) is 11.5 Å². The van der Waals surface area contributed by atoms with Crippen LogP contribution < -0.4 is 14.8 Å². The number of ether oxygens (including phenoxy) is 2. The highest BCUT2D eigenvalue weighted by atomic mass is 32.2. The summed E-state index contributed by atoms with van der Waals surface area (Å²) in [5.74, 6) is 0.129. The predicted octanol–water partition coefficient (Wildman–Crippen LogP) is 5.87. The van der Waals surface area contributed by atoms with Gasteiger partial charge in [-0.2, -0.15) is 0 Å². The molecule has 0 radical (unpaired) electrons. The molecule has 0 aromatic heterocycles. The minimum atomic E-state index is -0.509. The fraction of sp³-hybridized carbons (Fsp3) is 0.207. The van der Waals surface area contributed by atoms with Gasteiger partial charge in [0.2, 0.25) is 5.91 Å². The van der Waals surface area contributed by atoms with E-state index in [2.05, 4.69) is 11.4 Å². The van der Waals surface area contributed by atoms with Crippen LogP contribution in [0, 0.1) is 20.8 Å². The molecule has 1 saturated heterocycles. The Morgan fingerprint density at radius 3 is 2.51 bits per heavy atom. The standard InChI is InChI=1S/C29H28N2O5S/c1-18-6-5-7-22(12-18)17-36-24-11-10-21(14-25(24)35-4)15-26-28(33)31(29(34)37-26)16-27(32)30-23-13-19(2)8-9-20(23)3/h5-15H,16-17H2,1-4H3,(H,30,32)/b26-15-. The van der Waals surface area contributed by atoms with Crippen molar-refractivity contribution in [3.05, 3.63) is 93.4 Å². The van der Waals surface area contributed by atoms with Gasteiger partial charge in [0.25, 0.3) is 11.1 Å². The van der Waals surface area contributed by atoms with E-state index in [4.69, 9.17) is 9.47 Å². The number of hydrogen-bond donors (Lipinski definition) is 1. The molecule has 0 atom stereocenters. The van der Waals surface area contributed by atoms with Crippen molar-refractivity contribution in [1.82, 2.24) is 4.90 Å². The van der Waals surface area contributed by atoms with Gasteiger partial charge in [-0.1, -0.05) is 48.0 Å². The molecule has 0 unspecified atom stereocenters. The van der Waals surface area contributed by atoms with Crippen LogP contribution in [0.2, 0.25) is 0 Å². The van der Waals surface area contributed by atoms with Gasteiger partial charge in [-0.15, -0.1) is 0 Å². The van der Waals surface area contributed by atoms with Crippen LogP contribution in [0.3, 0.4) is 0 Å². The summed E-state index contributed by atoms with van der Waals surface area (Å²) in [5.41, 5.74) is 5.42. The summed E-state index contributed by atoms with van der Waals surface area (Å²) in [6.07, 6.45) is 1.61. The SMILES string of the molecule is COc1cc(/C=C2\SC(=O)N(CC(=O)Nc3cc(C)ccc3C)C2=O)ccc1OCc1cccc(C)c1. The van der Waals surface area contributed by atoms with Gasteiger partial charge >= 0.3 is 0 Å². The van der Waals surface area contributed by atoms with Crippen LogP contribution in [-0.4, -0.2) is 35.6 Å². The number of rotatable bonds is 8. The van der Waals surface area contributed by atoms with Crippen molar-refractivity contribution in [3.8, 4) is 11.5 Å². The normalized spacial score (nSPS) is 14.3. The first-order chi connectivity index (χ1) is 17.7. The van der Waals surface area contributed by atoms with E-state index < -0.39 is 17.1 Å². The number of carbonyl (C=O) groups is 3. The van der Waals surface area contributed by atoms with Crippen molar-refractivity contribution in [3.63, 3.8) is 0 Å². The maximum Gasteiger partial charge on any atom is 0.294 e. The van der Waals surface area contributed by atoms with Crippen molar-refractivity contribution in [2.24, 2.45) is 0 Å². The molecule has 4 rings (SSSR count). The number of nitrogens with one attached hydrogen (secondary N) is 1. The zero-order valence-corrected chi connectivity index (χ0v) is 22.0. The van der Waals surface area contributed by atoms with Crippen LogP contribution in [0.15, 0.2) is 65.6 Å². The van der Waals surface area contributed by atoms with Crippen molar-refractivity contribution in [2.45, 2.75) is 27.4 Å². The van der Waals surface area contributed by atoms with Gasteiger partial charge in [-0.25, -0.2) is 0 Å². The third kappa shape index (κ3) is 6.40. The first-order valence-corrected chi connectivity index (χ1v) is 12.5. The summed E-state index contributed by atoms with van der Waals surface area (Å²) in [6, 6.07) is 19.1. The van der Waals surface area contributed by atoms with E-state index in [0.29, 0.717) is 29.4 Å². The van der Waals surface area contributed by atoms with Crippen LogP contribution in [0.5, 0.6) is 11.5 Å². The summed E-state index contributed by atoms with van der Waals surface area (Å²) < 4.78 is 11.4. The van der Waals surface area contributed by atoms with Gasteiger partial charge in [0.1, 0.15) is 13.2 Å². The lowest BCUT2D eigenvalue weighted by Gasteiger charge is -2.14. The lowest BCUT2D eigenvalue weighted by Crippen LogP contribution is -2.36. The Balaban J connectivity index is 1.43. The second-order valence-electron chi connectivity index (χ2n) is 8.82. The Hall–Kier alpha value is -4.04. The van der Waals surface area contributed by atoms with E-state index in [9.17, 15) is 14.4 Å². The van der Waals surface area contributed by atoms with Gasteiger partial charge in [-0.3, -0.25) is 19.3 Å². The molecule has 1 aliphatic heterocycles. The molecule has 190 valence electrons. The summed E-state index contributed by atoms with van der Waals surface area (Å²) >= 11 is 0.804. The average Bonchev–Trinajstić information content (AvgIpc) is 3.12. The smallest absolute Gasteiger partial charge is 0.294 e. The third-order valence-electron chi connectivity index (χ3n) is 5.80. The van der Waals surface area contributed by atoms with E-state index in [1.807, 2.05) is 57.2 Å². The summed E-state index contributed by atoms with van der Waals surface area (Å²) in [4.78, 5) is 39.2. The van der Waals surface area contributed by atoms with Crippen molar-refractivity contribution in [1.29, 1.82) is 0 Å². The number of amides is 3. The number of aryl methyl sites for hydroxylation is 3. The van der Waals surface area contributed by atoms with Crippen molar-refractivity contribution < 1.29 is 23.9 Å². The predicted molar refractivity (Wildman–Crippen MR) is 146 cm³/mol. The molecule has 8 heteroatoms. The zero-order valence-electron chi connectivity index (χ0n) is 21.2. The van der Waals surface area contributed by atoms with Crippen LogP contribution in [-0.2, 0) is 16.2 Å². The molecule has 1 heterocycles. The molecule has 0 aliphatic carbocycles. The lowest BCUT2D eigenvalue weighted by atomic mass is 10.1. The Kier molecular flexibility index (Phi) is 7.98. The molecule has 7 nitrogen and oxygen atoms in total. The monoisotopic (exact) mass is 516 g/mol. The largest absolute Gasteiger partial charge is 0.493 e. The van der Waals surface area contributed by atoms with E-state index in [-0.39, 0.29) is 11.4 Å². The van der Waals surface area contributed by atoms with Crippen molar-refractivity contribution >= 4 is 40.6 Å². The summed E-state index contributed by atoms with van der Waals surface area (Å²) in [6.45, 7) is 5.86. The highest BCUT2D eigenvalue weighted by molar-refractivity contribution is 8.18. The number of methoxy groups -OCH3 is 1. The molecule has 3 aromatic rings. The van der Waals surface area contributed by atoms with Crippen LogP contribution in [0.4, 0.5) is 10.5 Å². The quantitative estimate of drug-likeness (QED) is 0.377. The van der Waals surface area contributed by atoms with Crippen LogP contribution >= 0.6 is 11.8 Å². The van der Waals surface area contributed by atoms with Crippen LogP contribution in [0.1, 0.15) is 27.8 Å². The van der Waals surface area contributed by atoms with E-state index >= 15 is 0 Å². The highest BCUT2D eigenvalue weighted by Gasteiger charge is 2.36. The summed E-state index contributed by atoms with van der Waals surface area (Å²) in [7, 11) is 1.54. The molecular formula is C29H28N2O5S. The second-order valence-corrected chi connectivity index (χ2v) is 9.82. The number of benzene rings is 3. The zero-order chi connectivity index (χ0) is 26.5. The Bertz CT molecular complexity index is 1400. The number of imide groups is 1. The molecule has 0 spiro atoms. The first-order valence-electron chi connectivity index (χ1n) is 11.7. The van der Waals surface area contributed by atoms with E-state index in [1.165, 1.54) is 0 Å². The van der Waals surface area contributed by atoms with Crippen molar-refractivity contribution in [2.75, 3.05) is 19.0 Å². The van der Waals surface area contributed by atoms with E-state index in [0.717, 1.165) is 38.9 Å². The van der Waals surface area contributed by atoms with Gasteiger partial charge < -0.3 is 14.8 Å². The molecule has 3 amide bonds. The maximum absolute atomic E-state index is 12.9. The number of anilines is 1. The average molecular weight is 517 g/mol. The lowest BCUT2D eigenvalue weighted by molar-refractivity contribution is -0.127. The Labute approximate surface area is 220 Å². The van der Waals surface area contributed by atoms with Gasteiger partial charge in [0.05, 0.1) is 12.0 Å². The van der Waals surface area contributed by atoms with E-state index in [1.54, 1.807) is 31.4 Å². The maximum atomic E-state index is 12.9. The number of hydrogen-bond acceptors (Lipinski definition) is 6. The third-order valence-corrected chi connectivity index (χ3v) is 6.71. The van der Waals surface area contributed by atoms with Gasteiger partial charge in [0, 0.05) is 5.69 Å². The second kappa shape index (κ2) is 11.3.